The van der Waals surface area contributed by atoms with Gasteiger partial charge >= 0.3 is 0 Å². The highest BCUT2D eigenvalue weighted by molar-refractivity contribution is 5.90. The van der Waals surface area contributed by atoms with E-state index in [0.717, 1.165) is 27.8 Å². The lowest BCUT2D eigenvalue weighted by Crippen LogP contribution is -2.28. The zero-order chi connectivity index (χ0) is 25.6. The van der Waals surface area contributed by atoms with Gasteiger partial charge in [-0.05, 0) is 68.7 Å². The first-order chi connectivity index (χ1) is 17.3. The van der Waals surface area contributed by atoms with E-state index in [4.69, 9.17) is 9.47 Å². The van der Waals surface area contributed by atoms with Crippen molar-refractivity contribution < 1.29 is 14.3 Å². The van der Waals surface area contributed by atoms with E-state index in [0.29, 0.717) is 40.7 Å². The van der Waals surface area contributed by atoms with E-state index in [9.17, 15) is 9.59 Å². The summed E-state index contributed by atoms with van der Waals surface area (Å²) in [6, 6.07) is 17.3. The average molecular weight is 484 g/mol. The lowest BCUT2D eigenvalue weighted by atomic mass is 10.0. The molecule has 184 valence electrons. The van der Waals surface area contributed by atoms with E-state index in [1.54, 1.807) is 16.5 Å². The van der Waals surface area contributed by atoms with Crippen LogP contribution in [0.5, 0.6) is 17.4 Å². The Kier molecular flexibility index (Phi) is 5.92. The molecule has 1 N–H and O–H groups in total. The van der Waals surface area contributed by atoms with E-state index in [2.05, 4.69) is 5.32 Å². The van der Waals surface area contributed by atoms with Gasteiger partial charge in [0.25, 0.3) is 5.56 Å². The summed E-state index contributed by atoms with van der Waals surface area (Å²) < 4.78 is 15.0. The minimum atomic E-state index is -0.260. The molecule has 0 aliphatic carbocycles. The first kappa shape index (κ1) is 23.5. The van der Waals surface area contributed by atoms with Crippen molar-refractivity contribution in [2.24, 2.45) is 0 Å². The van der Waals surface area contributed by atoms with Gasteiger partial charge in [0.1, 0.15) is 6.54 Å². The maximum absolute atomic E-state index is 13.8. The van der Waals surface area contributed by atoms with Gasteiger partial charge in [0.15, 0.2) is 11.5 Å². The quantitative estimate of drug-likeness (QED) is 0.372. The molecule has 0 spiro atoms. The normalized spacial score (nSPS) is 11.9. The molecule has 0 unspecified atom stereocenters. The average Bonchev–Trinajstić information content (AvgIpc) is 3.10. The smallest absolute Gasteiger partial charge is 0.278 e. The van der Waals surface area contributed by atoms with Crippen LogP contribution in [-0.4, -0.2) is 22.4 Å². The zero-order valence-electron chi connectivity index (χ0n) is 21.1. The van der Waals surface area contributed by atoms with Crippen molar-refractivity contribution in [3.63, 3.8) is 0 Å². The highest BCUT2D eigenvalue weighted by Gasteiger charge is 2.31. The predicted molar refractivity (Wildman–Crippen MR) is 140 cm³/mol. The van der Waals surface area contributed by atoms with Crippen molar-refractivity contribution in [3.05, 3.63) is 98.3 Å². The Hall–Kier alpha value is -4.26. The SMILES string of the molecule is COc1cccc2c1Oc1c(c(=O)n(-c3ccc(C)cc3C)n1CC(=O)Nc1ccc(C)c(C)c1)C2. The lowest BCUT2D eigenvalue weighted by molar-refractivity contribution is -0.117. The number of amides is 1. The maximum Gasteiger partial charge on any atom is 0.278 e. The van der Waals surface area contributed by atoms with E-state index in [1.807, 2.05) is 82.3 Å². The van der Waals surface area contributed by atoms with Crippen LogP contribution in [0.15, 0.2) is 59.4 Å². The molecule has 4 aromatic rings. The van der Waals surface area contributed by atoms with E-state index < -0.39 is 0 Å². The second kappa shape index (κ2) is 9.07. The molecule has 0 fully saturated rings. The zero-order valence-corrected chi connectivity index (χ0v) is 21.1. The molecular formula is C29H29N3O4. The van der Waals surface area contributed by atoms with Crippen LogP contribution in [0.4, 0.5) is 5.69 Å². The number of fused-ring (bicyclic) bond motifs is 2. The predicted octanol–water partition coefficient (Wildman–Crippen LogP) is 5.22. The van der Waals surface area contributed by atoms with Crippen LogP contribution in [0.2, 0.25) is 0 Å². The topological polar surface area (TPSA) is 74.5 Å². The van der Waals surface area contributed by atoms with Crippen molar-refractivity contribution in [1.82, 2.24) is 9.36 Å². The van der Waals surface area contributed by atoms with Crippen LogP contribution >= 0.6 is 0 Å². The highest BCUT2D eigenvalue weighted by Crippen LogP contribution is 2.42. The summed E-state index contributed by atoms with van der Waals surface area (Å²) in [6.07, 6.45) is 0.386. The van der Waals surface area contributed by atoms with Crippen LogP contribution in [0.3, 0.4) is 0 Å². The number of nitrogens with zero attached hydrogens (tertiary/aromatic N) is 2. The third-order valence-electron chi connectivity index (χ3n) is 6.70. The monoisotopic (exact) mass is 483 g/mol. The molecule has 3 aromatic carbocycles. The number of para-hydroxylation sites is 1. The van der Waals surface area contributed by atoms with Gasteiger partial charge in [0, 0.05) is 17.7 Å². The minimum absolute atomic E-state index is 0.102. The lowest BCUT2D eigenvalue weighted by Gasteiger charge is -2.21. The van der Waals surface area contributed by atoms with Gasteiger partial charge in [0.05, 0.1) is 18.4 Å². The van der Waals surface area contributed by atoms with Crippen LogP contribution < -0.4 is 20.3 Å². The number of carbonyl (C=O) groups is 1. The molecule has 7 heteroatoms. The molecule has 0 atom stereocenters. The summed E-state index contributed by atoms with van der Waals surface area (Å²) in [5.74, 6) is 1.24. The van der Waals surface area contributed by atoms with Gasteiger partial charge in [-0.3, -0.25) is 9.59 Å². The number of aryl methyl sites for hydroxylation is 4. The number of nitrogens with one attached hydrogen (secondary N) is 1. The summed E-state index contributed by atoms with van der Waals surface area (Å²) >= 11 is 0. The molecule has 1 aliphatic rings. The molecule has 0 saturated carbocycles. The fourth-order valence-corrected chi connectivity index (χ4v) is 4.69. The standard InChI is InChI=1S/C29H29N3O4/c1-17-9-12-24(20(4)13-17)32-28(34)23-15-21-7-6-8-25(35-5)27(21)36-29(23)31(32)16-26(33)30-22-11-10-18(2)19(3)14-22/h6-14H,15-16H2,1-5H3,(H,30,33). The molecule has 0 bridgehead atoms. The third kappa shape index (κ3) is 4.06. The Balaban J connectivity index is 1.61. The fourth-order valence-electron chi connectivity index (χ4n) is 4.69. The van der Waals surface area contributed by atoms with Crippen LogP contribution in [0, 0.1) is 27.7 Å². The Morgan fingerprint density at radius 1 is 1.00 bits per heavy atom. The molecule has 1 aromatic heterocycles. The van der Waals surface area contributed by atoms with Crippen LogP contribution in [0.1, 0.15) is 33.4 Å². The number of benzene rings is 3. The van der Waals surface area contributed by atoms with Gasteiger partial charge in [-0.1, -0.05) is 35.9 Å². The van der Waals surface area contributed by atoms with Gasteiger partial charge in [-0.2, -0.15) is 0 Å². The molecule has 7 nitrogen and oxygen atoms in total. The number of carbonyl (C=O) groups excluding carboxylic acids is 1. The number of aromatic nitrogens is 2. The summed E-state index contributed by atoms with van der Waals surface area (Å²) in [4.78, 5) is 27.0. The van der Waals surface area contributed by atoms with Crippen LogP contribution in [-0.2, 0) is 17.8 Å². The summed E-state index contributed by atoms with van der Waals surface area (Å²) in [5.41, 5.74) is 6.84. The summed E-state index contributed by atoms with van der Waals surface area (Å²) in [7, 11) is 1.58. The number of anilines is 1. The van der Waals surface area contributed by atoms with Crippen molar-refractivity contribution in [1.29, 1.82) is 0 Å². The van der Waals surface area contributed by atoms with E-state index >= 15 is 0 Å². The maximum atomic E-state index is 13.8. The van der Waals surface area contributed by atoms with Gasteiger partial charge in [-0.25, -0.2) is 9.36 Å². The Morgan fingerprint density at radius 3 is 2.53 bits per heavy atom. The second-order valence-corrected chi connectivity index (χ2v) is 9.32. The Labute approximate surface area is 209 Å². The number of methoxy groups -OCH3 is 1. The molecule has 1 amide bonds. The summed E-state index contributed by atoms with van der Waals surface area (Å²) in [5, 5.41) is 2.96. The van der Waals surface area contributed by atoms with Gasteiger partial charge < -0.3 is 14.8 Å². The van der Waals surface area contributed by atoms with Crippen molar-refractivity contribution >= 4 is 11.6 Å². The number of rotatable bonds is 5. The first-order valence-corrected chi connectivity index (χ1v) is 11.9. The highest BCUT2D eigenvalue weighted by atomic mass is 16.5. The van der Waals surface area contributed by atoms with E-state index in [-0.39, 0.29) is 18.0 Å². The largest absolute Gasteiger partial charge is 0.493 e. The molecule has 1 aliphatic heterocycles. The van der Waals surface area contributed by atoms with Crippen LogP contribution in [0.25, 0.3) is 5.69 Å². The fraction of sp³-hybridized carbons (Fsp3) is 0.241. The van der Waals surface area contributed by atoms with Gasteiger partial charge in [-0.15, -0.1) is 0 Å². The number of hydrogen-bond donors (Lipinski definition) is 1. The van der Waals surface area contributed by atoms with Crippen molar-refractivity contribution in [2.45, 2.75) is 40.7 Å². The van der Waals surface area contributed by atoms with E-state index in [1.165, 1.54) is 0 Å². The molecular weight excluding hydrogens is 454 g/mol. The minimum Gasteiger partial charge on any atom is -0.493 e. The molecule has 0 radical (unpaired) electrons. The van der Waals surface area contributed by atoms with Gasteiger partial charge in [0.2, 0.25) is 11.8 Å². The third-order valence-corrected chi connectivity index (χ3v) is 6.70. The first-order valence-electron chi connectivity index (χ1n) is 11.9. The molecule has 0 saturated heterocycles. The van der Waals surface area contributed by atoms with Crippen molar-refractivity contribution in [2.75, 3.05) is 12.4 Å². The second-order valence-electron chi connectivity index (χ2n) is 9.32. The number of hydrogen-bond acceptors (Lipinski definition) is 4. The molecule has 5 rings (SSSR count). The molecule has 2 heterocycles. The molecule has 36 heavy (non-hydrogen) atoms. The summed E-state index contributed by atoms with van der Waals surface area (Å²) in [6.45, 7) is 7.89. The Bertz CT molecular complexity index is 1560. The van der Waals surface area contributed by atoms with Crippen molar-refractivity contribution in [3.8, 4) is 23.1 Å². The number of ether oxygens (including phenoxy) is 2. The Morgan fingerprint density at radius 2 is 1.81 bits per heavy atom.